The summed E-state index contributed by atoms with van der Waals surface area (Å²) in [6, 6.07) is 12.8. The van der Waals surface area contributed by atoms with Crippen molar-refractivity contribution in [3.63, 3.8) is 0 Å². The molecule has 2 aromatic rings. The summed E-state index contributed by atoms with van der Waals surface area (Å²) in [5.41, 5.74) is 0.926. The molecule has 0 aromatic heterocycles. The Morgan fingerprint density at radius 2 is 1.52 bits per heavy atom. The second kappa shape index (κ2) is 6.52. The maximum Gasteiger partial charge on any atom is 0.255 e. The second-order valence-electron chi connectivity index (χ2n) is 6.29. The molecule has 0 bridgehead atoms. The smallest absolute Gasteiger partial charge is 0.255 e. The number of phenolic OH excluding ortho intramolecular Hbond substituents is 1. The van der Waals surface area contributed by atoms with Gasteiger partial charge in [-0.2, -0.15) is 0 Å². The van der Waals surface area contributed by atoms with Crippen LogP contribution in [0.1, 0.15) is 41.5 Å². The van der Waals surface area contributed by atoms with Crippen molar-refractivity contribution in [1.82, 2.24) is 5.32 Å². The molecule has 23 heavy (non-hydrogen) atoms. The van der Waals surface area contributed by atoms with Gasteiger partial charge in [0.05, 0.1) is 0 Å². The minimum Gasteiger partial charge on any atom is -0.508 e. The largest absolute Gasteiger partial charge is 0.508 e. The Hall–Kier alpha value is -2.82. The van der Waals surface area contributed by atoms with E-state index in [0.717, 1.165) is 0 Å². The Morgan fingerprint density at radius 3 is 2.13 bits per heavy atom. The van der Waals surface area contributed by atoms with Crippen LogP contribution >= 0.6 is 0 Å². The van der Waals surface area contributed by atoms with Gasteiger partial charge in [-0.25, -0.2) is 0 Å². The zero-order chi connectivity index (χ0) is 17.0. The predicted molar refractivity (Wildman–Crippen MR) is 89.7 cm³/mol. The fraction of sp³-hybridized carbons (Fsp3) is 0.222. The van der Waals surface area contributed by atoms with Gasteiger partial charge in [-0.3, -0.25) is 9.59 Å². The van der Waals surface area contributed by atoms with E-state index in [0.29, 0.717) is 16.8 Å². The molecule has 0 spiro atoms. The Kier molecular flexibility index (Phi) is 4.69. The van der Waals surface area contributed by atoms with E-state index < -0.39 is 0 Å². The van der Waals surface area contributed by atoms with Crippen molar-refractivity contribution in [3.05, 3.63) is 59.7 Å². The molecule has 2 amide bonds. The number of nitrogens with one attached hydrogen (secondary N) is 2. The monoisotopic (exact) mass is 312 g/mol. The van der Waals surface area contributed by atoms with Crippen molar-refractivity contribution >= 4 is 17.5 Å². The number of hydrogen-bond acceptors (Lipinski definition) is 3. The molecule has 0 saturated carbocycles. The van der Waals surface area contributed by atoms with Gasteiger partial charge < -0.3 is 15.7 Å². The lowest BCUT2D eigenvalue weighted by Crippen LogP contribution is -2.40. The first-order chi connectivity index (χ1) is 10.7. The van der Waals surface area contributed by atoms with E-state index in [1.165, 1.54) is 12.1 Å². The number of amides is 2. The van der Waals surface area contributed by atoms with Gasteiger partial charge in [-0.1, -0.05) is 12.1 Å². The molecular formula is C18H20N2O3. The summed E-state index contributed by atoms with van der Waals surface area (Å²) in [5.74, 6) is -0.508. The molecule has 120 valence electrons. The number of carbonyl (C=O) groups excluding carboxylic acids is 2. The number of carbonyl (C=O) groups is 2. The van der Waals surface area contributed by atoms with Crippen molar-refractivity contribution in [2.24, 2.45) is 0 Å². The van der Waals surface area contributed by atoms with Gasteiger partial charge in [0.1, 0.15) is 5.75 Å². The van der Waals surface area contributed by atoms with Gasteiger partial charge in [-0.15, -0.1) is 0 Å². The average Bonchev–Trinajstić information content (AvgIpc) is 2.45. The SMILES string of the molecule is CC(C)(C)NC(=O)c1cccc(C(=O)Nc2cccc(O)c2)c1. The first-order valence-electron chi connectivity index (χ1n) is 7.27. The first-order valence-corrected chi connectivity index (χ1v) is 7.27. The van der Waals surface area contributed by atoms with Crippen LogP contribution in [0.15, 0.2) is 48.5 Å². The number of rotatable bonds is 3. The average molecular weight is 312 g/mol. The molecule has 0 unspecified atom stereocenters. The Bertz CT molecular complexity index is 733. The van der Waals surface area contributed by atoms with Crippen molar-refractivity contribution < 1.29 is 14.7 Å². The highest BCUT2D eigenvalue weighted by Gasteiger charge is 2.16. The zero-order valence-corrected chi connectivity index (χ0v) is 13.4. The molecule has 0 aliphatic heterocycles. The summed E-state index contributed by atoms with van der Waals surface area (Å²) in [6.45, 7) is 5.68. The van der Waals surface area contributed by atoms with Crippen LogP contribution in [0, 0.1) is 0 Å². The second-order valence-corrected chi connectivity index (χ2v) is 6.29. The van der Waals surface area contributed by atoms with Gasteiger partial charge in [0, 0.05) is 28.4 Å². The quantitative estimate of drug-likeness (QED) is 0.814. The van der Waals surface area contributed by atoms with Crippen molar-refractivity contribution in [1.29, 1.82) is 0 Å². The van der Waals surface area contributed by atoms with Crippen molar-refractivity contribution in [3.8, 4) is 5.75 Å². The zero-order valence-electron chi connectivity index (χ0n) is 13.4. The fourth-order valence-electron chi connectivity index (χ4n) is 2.00. The van der Waals surface area contributed by atoms with E-state index >= 15 is 0 Å². The molecule has 0 fully saturated rings. The fourth-order valence-corrected chi connectivity index (χ4v) is 2.00. The third-order valence-electron chi connectivity index (χ3n) is 2.98. The maximum absolute atomic E-state index is 12.3. The molecule has 3 N–H and O–H groups in total. The van der Waals surface area contributed by atoms with Crippen LogP contribution in [0.2, 0.25) is 0 Å². The standard InChI is InChI=1S/C18H20N2O3/c1-18(2,3)20-17(23)13-7-4-6-12(10-13)16(22)19-14-8-5-9-15(21)11-14/h4-11,21H,1-3H3,(H,19,22)(H,20,23). The van der Waals surface area contributed by atoms with Crippen LogP contribution in [0.3, 0.4) is 0 Å². The van der Waals surface area contributed by atoms with Crippen LogP contribution in [-0.2, 0) is 0 Å². The van der Waals surface area contributed by atoms with E-state index in [1.807, 2.05) is 20.8 Å². The Labute approximate surface area is 135 Å². The van der Waals surface area contributed by atoms with E-state index in [4.69, 9.17) is 0 Å². The van der Waals surface area contributed by atoms with Crippen LogP contribution in [0.5, 0.6) is 5.75 Å². The number of anilines is 1. The molecule has 2 rings (SSSR count). The highest BCUT2D eigenvalue weighted by atomic mass is 16.3. The normalized spacial score (nSPS) is 10.9. The van der Waals surface area contributed by atoms with Gasteiger partial charge in [0.25, 0.3) is 11.8 Å². The van der Waals surface area contributed by atoms with Gasteiger partial charge in [-0.05, 0) is 51.1 Å². The van der Waals surface area contributed by atoms with Crippen molar-refractivity contribution in [2.45, 2.75) is 26.3 Å². The molecule has 0 radical (unpaired) electrons. The van der Waals surface area contributed by atoms with Gasteiger partial charge >= 0.3 is 0 Å². The number of aromatic hydroxyl groups is 1. The summed E-state index contributed by atoms with van der Waals surface area (Å²) in [4.78, 5) is 24.4. The van der Waals surface area contributed by atoms with Gasteiger partial charge in [0.15, 0.2) is 0 Å². The maximum atomic E-state index is 12.3. The summed E-state index contributed by atoms with van der Waals surface area (Å²) in [5, 5.41) is 15.0. The number of phenols is 1. The summed E-state index contributed by atoms with van der Waals surface area (Å²) in [7, 11) is 0. The molecule has 0 aliphatic rings. The molecule has 0 heterocycles. The lowest BCUT2D eigenvalue weighted by atomic mass is 10.1. The predicted octanol–water partition coefficient (Wildman–Crippen LogP) is 3.17. The molecular weight excluding hydrogens is 292 g/mol. The van der Waals surface area contributed by atoms with Crippen molar-refractivity contribution in [2.75, 3.05) is 5.32 Å². The first kappa shape index (κ1) is 16.5. The molecule has 0 aliphatic carbocycles. The highest BCUT2D eigenvalue weighted by Crippen LogP contribution is 2.17. The third kappa shape index (κ3) is 4.85. The molecule has 0 saturated heterocycles. The molecule has 5 nitrogen and oxygen atoms in total. The molecule has 5 heteroatoms. The van der Waals surface area contributed by atoms with E-state index in [1.54, 1.807) is 36.4 Å². The van der Waals surface area contributed by atoms with Crippen LogP contribution in [-0.4, -0.2) is 22.5 Å². The minimum absolute atomic E-state index is 0.0705. The number of hydrogen-bond donors (Lipinski definition) is 3. The lowest BCUT2D eigenvalue weighted by Gasteiger charge is -2.20. The lowest BCUT2D eigenvalue weighted by molar-refractivity contribution is 0.0919. The van der Waals surface area contributed by atoms with Gasteiger partial charge in [0.2, 0.25) is 0 Å². The van der Waals surface area contributed by atoms with Crippen LogP contribution < -0.4 is 10.6 Å². The van der Waals surface area contributed by atoms with E-state index in [9.17, 15) is 14.7 Å². The minimum atomic E-state index is -0.350. The highest BCUT2D eigenvalue weighted by molar-refractivity contribution is 6.06. The summed E-state index contributed by atoms with van der Waals surface area (Å²) < 4.78 is 0. The van der Waals surface area contributed by atoms with E-state index in [-0.39, 0.29) is 23.1 Å². The molecule has 0 atom stereocenters. The Balaban J connectivity index is 2.16. The van der Waals surface area contributed by atoms with Crippen LogP contribution in [0.4, 0.5) is 5.69 Å². The summed E-state index contributed by atoms with van der Waals surface area (Å²) >= 11 is 0. The van der Waals surface area contributed by atoms with Crippen LogP contribution in [0.25, 0.3) is 0 Å². The number of benzene rings is 2. The topological polar surface area (TPSA) is 78.4 Å². The molecule has 2 aromatic carbocycles. The third-order valence-corrected chi connectivity index (χ3v) is 2.98. The van der Waals surface area contributed by atoms with E-state index in [2.05, 4.69) is 10.6 Å². The Morgan fingerprint density at radius 1 is 0.913 bits per heavy atom. The summed E-state index contributed by atoms with van der Waals surface area (Å²) in [6.07, 6.45) is 0.